The van der Waals surface area contributed by atoms with Crippen molar-refractivity contribution in [2.75, 3.05) is 25.6 Å². The van der Waals surface area contributed by atoms with Gasteiger partial charge >= 0.3 is 18.0 Å². The Hall–Kier alpha value is -4.06. The molecule has 0 fully saturated rings. The molecule has 0 aliphatic heterocycles. The molecule has 2 aromatic rings. The van der Waals surface area contributed by atoms with Crippen molar-refractivity contribution >= 4 is 41.2 Å². The molecule has 0 saturated carbocycles. The minimum absolute atomic E-state index is 0.00153. The maximum atomic E-state index is 12.8. The topological polar surface area (TPSA) is 118 Å². The molecule has 0 unspecified atom stereocenters. The summed E-state index contributed by atoms with van der Waals surface area (Å²) in [7, 11) is 1.31. The summed E-state index contributed by atoms with van der Waals surface area (Å²) in [5.74, 6) is -2.51. The average Bonchev–Trinajstić information content (AvgIpc) is 2.81. The van der Waals surface area contributed by atoms with Gasteiger partial charge in [-0.1, -0.05) is 23.7 Å². The van der Waals surface area contributed by atoms with Crippen LogP contribution < -0.4 is 25.5 Å². The highest BCUT2D eigenvalue weighted by Gasteiger charge is 2.30. The summed E-state index contributed by atoms with van der Waals surface area (Å²) in [6.45, 7) is 2.95. The van der Waals surface area contributed by atoms with Gasteiger partial charge in [-0.15, -0.1) is 6.58 Å². The Morgan fingerprint density at radius 1 is 1.17 bits per heavy atom. The predicted molar refractivity (Wildman–Crippen MR) is 123 cm³/mol. The van der Waals surface area contributed by atoms with E-state index in [0.717, 1.165) is 18.2 Å². The third-order valence-corrected chi connectivity index (χ3v) is 4.35. The monoisotopic (exact) mass is 512 g/mol. The molecule has 13 heteroatoms. The van der Waals surface area contributed by atoms with Crippen LogP contribution in [0.25, 0.3) is 0 Å². The third kappa shape index (κ3) is 8.34. The van der Waals surface area contributed by atoms with Gasteiger partial charge in [-0.25, -0.2) is 5.43 Å². The number of ether oxygens (including phenoxy) is 2. The highest BCUT2D eigenvalue weighted by molar-refractivity contribution is 6.35. The summed E-state index contributed by atoms with van der Waals surface area (Å²) in [5, 5.41) is 8.26. The van der Waals surface area contributed by atoms with E-state index >= 15 is 0 Å². The number of amides is 3. The number of methoxy groups -OCH3 is 1. The van der Waals surface area contributed by atoms with Gasteiger partial charge in [0.15, 0.2) is 18.1 Å². The van der Waals surface area contributed by atoms with E-state index in [-0.39, 0.29) is 28.8 Å². The number of halogens is 4. The van der Waals surface area contributed by atoms with Crippen LogP contribution in [0.15, 0.2) is 54.2 Å². The minimum atomic E-state index is -4.55. The first-order valence-electron chi connectivity index (χ1n) is 9.74. The predicted octanol–water partition coefficient (Wildman–Crippen LogP) is 3.14. The first-order chi connectivity index (χ1) is 16.5. The highest BCUT2D eigenvalue weighted by Crippen LogP contribution is 2.36. The van der Waals surface area contributed by atoms with Gasteiger partial charge in [0.2, 0.25) is 0 Å². The Kier molecular flexibility index (Phi) is 9.64. The van der Waals surface area contributed by atoms with E-state index in [4.69, 9.17) is 21.1 Å². The molecule has 35 heavy (non-hydrogen) atoms. The summed E-state index contributed by atoms with van der Waals surface area (Å²) in [5.41, 5.74) is 1.43. The molecule has 0 bridgehead atoms. The molecular formula is C22H20ClF3N4O5. The van der Waals surface area contributed by atoms with E-state index in [9.17, 15) is 27.6 Å². The fourth-order valence-corrected chi connectivity index (χ4v) is 2.80. The second-order valence-corrected chi connectivity index (χ2v) is 7.05. The Bertz CT molecular complexity index is 1140. The van der Waals surface area contributed by atoms with E-state index in [1.54, 1.807) is 0 Å². The quantitative estimate of drug-likeness (QED) is 0.206. The number of carbonyl (C=O) groups excluding carboxylic acids is 3. The molecule has 3 N–H and O–H groups in total. The molecular weight excluding hydrogens is 493 g/mol. The van der Waals surface area contributed by atoms with Crippen molar-refractivity contribution < 1.29 is 37.0 Å². The smallest absolute Gasteiger partial charge is 0.416 e. The Morgan fingerprint density at radius 2 is 1.91 bits per heavy atom. The Morgan fingerprint density at radius 3 is 2.57 bits per heavy atom. The van der Waals surface area contributed by atoms with Gasteiger partial charge in [0.05, 0.1) is 23.9 Å². The number of hydrazone groups is 1. The standard InChI is InChI=1S/C22H20ClF3N4O5/c1-3-7-27-20(32)21(33)30-28-11-13-8-16(23)19(17(9-13)34-2)35-12-18(31)29-15-6-4-5-14(10-15)22(24,25)26/h3-6,8-11H,1,7,12H2,2H3,(H,27,32)(H,29,31)(H,30,33)/b28-11-. The lowest BCUT2D eigenvalue weighted by molar-refractivity contribution is -0.139. The van der Waals surface area contributed by atoms with E-state index in [1.165, 1.54) is 37.6 Å². The van der Waals surface area contributed by atoms with Crippen LogP contribution in [0, 0.1) is 0 Å². The Balaban J connectivity index is 2.02. The van der Waals surface area contributed by atoms with Crippen LogP contribution in [0.1, 0.15) is 11.1 Å². The minimum Gasteiger partial charge on any atom is -0.493 e. The molecule has 2 rings (SSSR count). The van der Waals surface area contributed by atoms with Gasteiger partial charge in [0.25, 0.3) is 5.91 Å². The zero-order valence-electron chi connectivity index (χ0n) is 18.2. The molecule has 2 aromatic carbocycles. The van der Waals surface area contributed by atoms with Crippen LogP contribution in [0.2, 0.25) is 5.02 Å². The highest BCUT2D eigenvalue weighted by atomic mass is 35.5. The lowest BCUT2D eigenvalue weighted by atomic mass is 10.2. The van der Waals surface area contributed by atoms with Crippen LogP contribution in [-0.2, 0) is 20.6 Å². The molecule has 0 aliphatic rings. The zero-order valence-corrected chi connectivity index (χ0v) is 19.0. The summed E-state index contributed by atoms with van der Waals surface area (Å²) in [6, 6.07) is 6.95. The molecule has 0 aliphatic carbocycles. The van der Waals surface area contributed by atoms with Crippen molar-refractivity contribution in [3.63, 3.8) is 0 Å². The zero-order chi connectivity index (χ0) is 26.0. The van der Waals surface area contributed by atoms with Crippen molar-refractivity contribution in [2.24, 2.45) is 5.10 Å². The molecule has 0 saturated heterocycles. The number of rotatable bonds is 9. The van der Waals surface area contributed by atoms with E-state index in [2.05, 4.69) is 22.3 Å². The van der Waals surface area contributed by atoms with Crippen LogP contribution in [0.3, 0.4) is 0 Å². The summed E-state index contributed by atoms with van der Waals surface area (Å²) < 4.78 is 49.0. The maximum absolute atomic E-state index is 12.8. The fraction of sp³-hybridized carbons (Fsp3) is 0.182. The molecule has 0 aromatic heterocycles. The second-order valence-electron chi connectivity index (χ2n) is 6.65. The van der Waals surface area contributed by atoms with E-state index in [0.29, 0.717) is 5.56 Å². The maximum Gasteiger partial charge on any atom is 0.416 e. The normalized spacial score (nSPS) is 11.0. The first kappa shape index (κ1) is 27.2. The molecule has 3 amide bonds. The van der Waals surface area contributed by atoms with Gasteiger partial charge < -0.3 is 20.1 Å². The van der Waals surface area contributed by atoms with E-state index < -0.39 is 36.1 Å². The van der Waals surface area contributed by atoms with Gasteiger partial charge in [-0.2, -0.15) is 18.3 Å². The summed E-state index contributed by atoms with van der Waals surface area (Å²) in [6.07, 6.45) is -1.96. The van der Waals surface area contributed by atoms with Crippen molar-refractivity contribution in [1.29, 1.82) is 0 Å². The molecule has 0 spiro atoms. The SMILES string of the molecule is C=CCNC(=O)C(=O)N/N=C\c1cc(Cl)c(OCC(=O)Nc2cccc(C(F)(F)F)c2)c(OC)c1. The first-order valence-corrected chi connectivity index (χ1v) is 10.1. The van der Waals surface area contributed by atoms with Gasteiger partial charge in [0, 0.05) is 12.2 Å². The van der Waals surface area contributed by atoms with Gasteiger partial charge in [-0.3, -0.25) is 14.4 Å². The number of nitrogens with zero attached hydrogens (tertiary/aromatic N) is 1. The Labute approximate surface area is 202 Å². The number of carbonyl (C=O) groups is 3. The van der Waals surface area contributed by atoms with Crippen molar-refractivity contribution in [1.82, 2.24) is 10.7 Å². The number of nitrogens with one attached hydrogen (secondary N) is 3. The van der Waals surface area contributed by atoms with Gasteiger partial charge in [-0.05, 0) is 35.9 Å². The number of anilines is 1. The van der Waals surface area contributed by atoms with Gasteiger partial charge in [0.1, 0.15) is 0 Å². The molecule has 0 atom stereocenters. The summed E-state index contributed by atoms with van der Waals surface area (Å²) in [4.78, 5) is 35.2. The fourth-order valence-electron chi connectivity index (χ4n) is 2.52. The second kappa shape index (κ2) is 12.4. The van der Waals surface area contributed by atoms with Crippen LogP contribution in [-0.4, -0.2) is 44.2 Å². The average molecular weight is 513 g/mol. The van der Waals surface area contributed by atoms with Crippen molar-refractivity contribution in [3.05, 3.63) is 65.2 Å². The van der Waals surface area contributed by atoms with E-state index in [1.807, 2.05) is 5.43 Å². The molecule has 0 radical (unpaired) electrons. The number of hydrogen-bond acceptors (Lipinski definition) is 6. The lowest BCUT2D eigenvalue weighted by Crippen LogP contribution is -2.37. The van der Waals surface area contributed by atoms with Crippen LogP contribution >= 0.6 is 11.6 Å². The molecule has 9 nitrogen and oxygen atoms in total. The van der Waals surface area contributed by atoms with Crippen molar-refractivity contribution in [2.45, 2.75) is 6.18 Å². The number of alkyl halides is 3. The van der Waals surface area contributed by atoms with Crippen LogP contribution in [0.4, 0.5) is 18.9 Å². The van der Waals surface area contributed by atoms with Crippen LogP contribution in [0.5, 0.6) is 11.5 Å². The summed E-state index contributed by atoms with van der Waals surface area (Å²) >= 11 is 6.19. The molecule has 0 heterocycles. The third-order valence-electron chi connectivity index (χ3n) is 4.07. The number of hydrogen-bond donors (Lipinski definition) is 3. The largest absolute Gasteiger partial charge is 0.493 e. The molecule has 186 valence electrons. The lowest BCUT2D eigenvalue weighted by Gasteiger charge is -2.14. The number of benzene rings is 2. The van der Waals surface area contributed by atoms with Crippen molar-refractivity contribution in [3.8, 4) is 11.5 Å².